The number of aromatic nitrogens is 4. The molecule has 1 fully saturated rings. The van der Waals surface area contributed by atoms with Gasteiger partial charge in [0.1, 0.15) is 5.82 Å². The average molecular weight is 383 g/mol. The fourth-order valence-corrected chi connectivity index (χ4v) is 5.05. The highest BCUT2D eigenvalue weighted by Crippen LogP contribution is 2.34. The zero-order valence-corrected chi connectivity index (χ0v) is 17.0. The summed E-state index contributed by atoms with van der Waals surface area (Å²) in [7, 11) is 0. The predicted octanol–water partition coefficient (Wildman–Crippen LogP) is 4.84. The van der Waals surface area contributed by atoms with E-state index in [9.17, 15) is 4.79 Å². The number of benzene rings is 1. The summed E-state index contributed by atoms with van der Waals surface area (Å²) in [5, 5.41) is 1.70. The third-order valence-electron chi connectivity index (χ3n) is 5.62. The number of aromatic amines is 1. The van der Waals surface area contributed by atoms with Gasteiger partial charge in [-0.2, -0.15) is 0 Å². The molecule has 1 aliphatic rings. The van der Waals surface area contributed by atoms with Gasteiger partial charge in [0.25, 0.3) is 5.56 Å². The van der Waals surface area contributed by atoms with Crippen LogP contribution in [-0.2, 0) is 5.75 Å². The number of hydrogen-bond acceptors (Lipinski definition) is 4. The molecule has 2 heterocycles. The van der Waals surface area contributed by atoms with Gasteiger partial charge in [-0.05, 0) is 45.2 Å². The number of H-pyrrole nitrogens is 1. The van der Waals surface area contributed by atoms with Crippen molar-refractivity contribution in [2.24, 2.45) is 0 Å². The lowest BCUT2D eigenvalue weighted by molar-refractivity contribution is 0.332. The number of hydrogen-bond donors (Lipinski definition) is 1. The SMILES string of the molecule is Cc1nc(SCc2nc3c(C)cccc3c(=O)[nH]2)n(C2CCCCC2)c1C. The Morgan fingerprint density at radius 2 is 1.93 bits per heavy atom. The number of thioether (sulfide) groups is 1. The second-order valence-corrected chi connectivity index (χ2v) is 8.44. The zero-order chi connectivity index (χ0) is 19.0. The quantitative estimate of drug-likeness (QED) is 0.656. The number of imidazole rings is 1. The maximum absolute atomic E-state index is 12.4. The standard InChI is InChI=1S/C21H26N4OS/c1-13-8-7-11-17-19(13)23-18(24-20(17)26)12-27-21-22-14(2)15(3)25(21)16-9-5-4-6-10-16/h7-8,11,16H,4-6,9-10,12H2,1-3H3,(H,23,24,26). The van der Waals surface area contributed by atoms with Gasteiger partial charge in [0.05, 0.1) is 22.3 Å². The molecule has 3 aromatic rings. The molecular formula is C21H26N4OS. The van der Waals surface area contributed by atoms with Crippen molar-refractivity contribution in [2.75, 3.05) is 0 Å². The summed E-state index contributed by atoms with van der Waals surface area (Å²) in [5.41, 5.74) is 4.11. The van der Waals surface area contributed by atoms with E-state index >= 15 is 0 Å². The molecule has 5 nitrogen and oxygen atoms in total. The van der Waals surface area contributed by atoms with Crippen LogP contribution < -0.4 is 5.56 Å². The zero-order valence-electron chi connectivity index (χ0n) is 16.2. The van der Waals surface area contributed by atoms with Gasteiger partial charge in [-0.25, -0.2) is 9.97 Å². The van der Waals surface area contributed by atoms with Crippen molar-refractivity contribution in [1.82, 2.24) is 19.5 Å². The van der Waals surface area contributed by atoms with E-state index in [0.717, 1.165) is 21.9 Å². The smallest absolute Gasteiger partial charge is 0.258 e. The Hall–Kier alpha value is -2.08. The summed E-state index contributed by atoms with van der Waals surface area (Å²) in [6.45, 7) is 6.24. The molecular weight excluding hydrogens is 356 g/mol. The molecule has 0 aliphatic heterocycles. The molecule has 0 unspecified atom stereocenters. The van der Waals surface area contributed by atoms with Crippen LogP contribution in [0.5, 0.6) is 0 Å². The molecule has 0 radical (unpaired) electrons. The third kappa shape index (κ3) is 3.55. The highest BCUT2D eigenvalue weighted by molar-refractivity contribution is 7.98. The van der Waals surface area contributed by atoms with Crippen LogP contribution in [0.25, 0.3) is 10.9 Å². The molecule has 0 saturated heterocycles. The molecule has 142 valence electrons. The number of fused-ring (bicyclic) bond motifs is 1. The lowest BCUT2D eigenvalue weighted by atomic mass is 9.95. The second kappa shape index (κ2) is 7.50. The summed E-state index contributed by atoms with van der Waals surface area (Å²) in [4.78, 5) is 24.9. The van der Waals surface area contributed by atoms with Gasteiger partial charge in [-0.15, -0.1) is 0 Å². The van der Waals surface area contributed by atoms with Crippen molar-refractivity contribution in [3.05, 3.63) is 51.3 Å². The van der Waals surface area contributed by atoms with E-state index in [2.05, 4.69) is 23.4 Å². The Labute approximate surface area is 163 Å². The molecule has 1 aliphatic carbocycles. The largest absolute Gasteiger partial charge is 0.320 e. The van der Waals surface area contributed by atoms with Crippen LogP contribution in [0, 0.1) is 20.8 Å². The van der Waals surface area contributed by atoms with E-state index < -0.39 is 0 Å². The number of aryl methyl sites for hydroxylation is 2. The minimum Gasteiger partial charge on any atom is -0.320 e. The first-order valence-electron chi connectivity index (χ1n) is 9.71. The molecule has 0 amide bonds. The fourth-order valence-electron chi connectivity index (χ4n) is 4.02. The van der Waals surface area contributed by atoms with Crippen LogP contribution in [0.4, 0.5) is 0 Å². The van der Waals surface area contributed by atoms with Gasteiger partial charge in [0, 0.05) is 11.7 Å². The van der Waals surface area contributed by atoms with Gasteiger partial charge >= 0.3 is 0 Å². The van der Waals surface area contributed by atoms with Gasteiger partial charge in [0.15, 0.2) is 5.16 Å². The average Bonchev–Trinajstić information content (AvgIpc) is 2.95. The van der Waals surface area contributed by atoms with Crippen molar-refractivity contribution in [1.29, 1.82) is 0 Å². The topological polar surface area (TPSA) is 63.6 Å². The fraction of sp³-hybridized carbons (Fsp3) is 0.476. The van der Waals surface area contributed by atoms with Gasteiger partial charge in [-0.1, -0.05) is 43.2 Å². The highest BCUT2D eigenvalue weighted by atomic mass is 32.2. The highest BCUT2D eigenvalue weighted by Gasteiger charge is 2.22. The summed E-state index contributed by atoms with van der Waals surface area (Å²) < 4.78 is 2.42. The van der Waals surface area contributed by atoms with Gasteiger partial charge in [0.2, 0.25) is 0 Å². The van der Waals surface area contributed by atoms with Crippen molar-refractivity contribution in [3.63, 3.8) is 0 Å². The van der Waals surface area contributed by atoms with Crippen LogP contribution in [0.2, 0.25) is 0 Å². The molecule has 1 saturated carbocycles. The van der Waals surface area contributed by atoms with Crippen molar-refractivity contribution in [2.45, 2.75) is 69.8 Å². The second-order valence-electron chi connectivity index (χ2n) is 7.50. The normalized spacial score (nSPS) is 15.5. The summed E-state index contributed by atoms with van der Waals surface area (Å²) in [6, 6.07) is 6.27. The van der Waals surface area contributed by atoms with Crippen molar-refractivity contribution >= 4 is 22.7 Å². The van der Waals surface area contributed by atoms with E-state index in [0.29, 0.717) is 23.0 Å². The van der Waals surface area contributed by atoms with Crippen molar-refractivity contribution in [3.8, 4) is 0 Å². The van der Waals surface area contributed by atoms with E-state index in [-0.39, 0.29) is 5.56 Å². The molecule has 1 aromatic carbocycles. The predicted molar refractivity (Wildman–Crippen MR) is 110 cm³/mol. The first kappa shape index (κ1) is 18.3. The van der Waals surface area contributed by atoms with E-state index in [1.54, 1.807) is 11.8 Å². The summed E-state index contributed by atoms with van der Waals surface area (Å²) in [5.74, 6) is 1.32. The van der Waals surface area contributed by atoms with Crippen molar-refractivity contribution < 1.29 is 0 Å². The Morgan fingerprint density at radius 3 is 2.70 bits per heavy atom. The number of para-hydroxylation sites is 1. The first-order chi connectivity index (χ1) is 13.0. The van der Waals surface area contributed by atoms with Gasteiger partial charge in [-0.3, -0.25) is 4.79 Å². The maximum Gasteiger partial charge on any atom is 0.258 e. The third-order valence-corrected chi connectivity index (χ3v) is 6.58. The van der Waals surface area contributed by atoms with Gasteiger partial charge < -0.3 is 9.55 Å². The van der Waals surface area contributed by atoms with Crippen LogP contribution >= 0.6 is 11.8 Å². The Morgan fingerprint density at radius 1 is 1.15 bits per heavy atom. The molecule has 0 atom stereocenters. The molecule has 1 N–H and O–H groups in total. The lowest BCUT2D eigenvalue weighted by Gasteiger charge is -2.26. The number of nitrogens with zero attached hydrogens (tertiary/aromatic N) is 3. The molecule has 4 rings (SSSR count). The van der Waals surface area contributed by atoms with Crippen LogP contribution in [0.1, 0.15) is 60.9 Å². The molecule has 2 aromatic heterocycles. The minimum atomic E-state index is -0.0673. The summed E-state index contributed by atoms with van der Waals surface area (Å²) >= 11 is 1.67. The monoisotopic (exact) mass is 382 g/mol. The van der Waals surface area contributed by atoms with E-state index in [1.165, 1.54) is 37.8 Å². The minimum absolute atomic E-state index is 0.0673. The number of rotatable bonds is 4. The lowest BCUT2D eigenvalue weighted by Crippen LogP contribution is -2.15. The molecule has 0 spiro atoms. The summed E-state index contributed by atoms with van der Waals surface area (Å²) in [6.07, 6.45) is 6.39. The van der Waals surface area contributed by atoms with Crippen LogP contribution in [0.15, 0.2) is 28.2 Å². The maximum atomic E-state index is 12.4. The van der Waals surface area contributed by atoms with Crippen LogP contribution in [0.3, 0.4) is 0 Å². The Bertz CT molecular complexity index is 1030. The first-order valence-corrected chi connectivity index (χ1v) is 10.7. The molecule has 27 heavy (non-hydrogen) atoms. The van der Waals surface area contributed by atoms with Crippen LogP contribution in [-0.4, -0.2) is 19.5 Å². The number of nitrogens with one attached hydrogen (secondary N) is 1. The van der Waals surface area contributed by atoms with E-state index in [1.807, 2.05) is 25.1 Å². The Kier molecular flexibility index (Phi) is 5.08. The van der Waals surface area contributed by atoms with E-state index in [4.69, 9.17) is 9.97 Å². The Balaban J connectivity index is 1.62. The molecule has 0 bridgehead atoms. The molecule has 6 heteroatoms.